The monoisotopic (exact) mass is 222 g/mol. The van der Waals surface area contributed by atoms with Crippen molar-refractivity contribution in [1.29, 1.82) is 0 Å². The van der Waals surface area contributed by atoms with Crippen molar-refractivity contribution in [3.05, 3.63) is 38.9 Å². The number of benzene rings is 1. The van der Waals surface area contributed by atoms with Crippen molar-refractivity contribution < 1.29 is 0 Å². The highest BCUT2D eigenvalue weighted by atomic mass is 79.9. The summed E-state index contributed by atoms with van der Waals surface area (Å²) in [5.41, 5.74) is 5.68. The summed E-state index contributed by atoms with van der Waals surface area (Å²) in [4.78, 5) is 0. The summed E-state index contributed by atoms with van der Waals surface area (Å²) in [7, 11) is 0. The molecule has 0 radical (unpaired) electrons. The highest BCUT2D eigenvalue weighted by Gasteiger charge is 2.11. The summed E-state index contributed by atoms with van der Waals surface area (Å²) in [6.45, 7) is 4.37. The molecule has 0 heterocycles. The Kier molecular flexibility index (Phi) is 1.84. The molecule has 0 aliphatic heterocycles. The van der Waals surface area contributed by atoms with Crippen molar-refractivity contribution in [2.75, 3.05) is 0 Å². The summed E-state index contributed by atoms with van der Waals surface area (Å²) in [5, 5.41) is 0. The molecule has 0 fully saturated rings. The molecule has 0 atom stereocenters. The minimum absolute atomic E-state index is 1.11. The first-order valence-corrected chi connectivity index (χ1v) is 4.94. The number of halogens is 1. The molecule has 62 valence electrons. The van der Waals surface area contributed by atoms with Crippen LogP contribution in [0.1, 0.15) is 22.3 Å². The number of hydrogen-bond donors (Lipinski definition) is 0. The van der Waals surface area contributed by atoms with E-state index >= 15 is 0 Å². The zero-order chi connectivity index (χ0) is 8.72. The Hall–Kier alpha value is -0.560. The third kappa shape index (κ3) is 1.04. The topological polar surface area (TPSA) is 0 Å². The summed E-state index contributed by atoms with van der Waals surface area (Å²) >= 11 is 3.57. The predicted octanol–water partition coefficient (Wildman–Crippen LogP) is 3.64. The Balaban J connectivity index is 2.72. The molecule has 12 heavy (non-hydrogen) atoms. The van der Waals surface area contributed by atoms with Crippen molar-refractivity contribution in [3.63, 3.8) is 0 Å². The van der Waals surface area contributed by atoms with Crippen molar-refractivity contribution in [1.82, 2.24) is 0 Å². The van der Waals surface area contributed by atoms with Crippen LogP contribution in [0, 0.1) is 13.8 Å². The largest absolute Gasteiger partial charge is 0.0795 e. The standard InChI is InChI=1S/C11H11Br/c1-7-8(2)11(12)6-9-4-3-5-10(7)9/h3-4,6H,5H2,1-2H3. The fourth-order valence-electron chi connectivity index (χ4n) is 1.68. The van der Waals surface area contributed by atoms with Gasteiger partial charge in [0, 0.05) is 4.47 Å². The normalized spacial score (nSPS) is 13.6. The average Bonchev–Trinajstić information content (AvgIpc) is 2.48. The van der Waals surface area contributed by atoms with Gasteiger partial charge in [0.2, 0.25) is 0 Å². The number of rotatable bonds is 0. The minimum atomic E-state index is 1.11. The molecule has 0 nitrogen and oxygen atoms in total. The molecule has 0 spiro atoms. The Labute approximate surface area is 81.4 Å². The van der Waals surface area contributed by atoms with Crippen LogP contribution in [0.4, 0.5) is 0 Å². The van der Waals surface area contributed by atoms with E-state index in [-0.39, 0.29) is 0 Å². The molecule has 0 N–H and O–H groups in total. The fraction of sp³-hybridized carbons (Fsp3) is 0.273. The van der Waals surface area contributed by atoms with Crippen LogP contribution in [0.15, 0.2) is 16.6 Å². The van der Waals surface area contributed by atoms with Gasteiger partial charge in [-0.3, -0.25) is 0 Å². The second kappa shape index (κ2) is 2.74. The fourth-order valence-corrected chi connectivity index (χ4v) is 2.22. The van der Waals surface area contributed by atoms with Gasteiger partial charge < -0.3 is 0 Å². The first-order valence-electron chi connectivity index (χ1n) is 4.15. The first kappa shape index (κ1) is 8.06. The van der Waals surface area contributed by atoms with E-state index in [1.807, 2.05) is 0 Å². The molecule has 0 aromatic heterocycles. The Morgan fingerprint density at radius 1 is 1.25 bits per heavy atom. The van der Waals surface area contributed by atoms with E-state index in [9.17, 15) is 0 Å². The number of allylic oxidation sites excluding steroid dienone is 1. The maximum Gasteiger partial charge on any atom is 0.0213 e. The lowest BCUT2D eigenvalue weighted by atomic mass is 9.99. The van der Waals surface area contributed by atoms with E-state index in [1.54, 1.807) is 0 Å². The van der Waals surface area contributed by atoms with Crippen LogP contribution in [0.3, 0.4) is 0 Å². The first-order chi connectivity index (χ1) is 5.70. The summed E-state index contributed by atoms with van der Waals surface area (Å²) < 4.78 is 1.23. The van der Waals surface area contributed by atoms with E-state index in [2.05, 4.69) is 48.0 Å². The highest BCUT2D eigenvalue weighted by molar-refractivity contribution is 9.10. The van der Waals surface area contributed by atoms with Gasteiger partial charge in [-0.25, -0.2) is 0 Å². The lowest BCUT2D eigenvalue weighted by Gasteiger charge is -2.09. The van der Waals surface area contributed by atoms with Crippen molar-refractivity contribution >= 4 is 22.0 Å². The van der Waals surface area contributed by atoms with Crippen LogP contribution < -0.4 is 0 Å². The summed E-state index contributed by atoms with van der Waals surface area (Å²) in [6.07, 6.45) is 5.53. The second-order valence-corrected chi connectivity index (χ2v) is 4.14. The van der Waals surface area contributed by atoms with Crippen molar-refractivity contribution in [2.45, 2.75) is 20.3 Å². The van der Waals surface area contributed by atoms with E-state index in [4.69, 9.17) is 0 Å². The minimum Gasteiger partial charge on any atom is -0.0795 e. The van der Waals surface area contributed by atoms with Crippen LogP contribution in [0.25, 0.3) is 6.08 Å². The Morgan fingerprint density at radius 2 is 2.00 bits per heavy atom. The maximum absolute atomic E-state index is 3.57. The van der Waals surface area contributed by atoms with Gasteiger partial charge in [-0.05, 0) is 48.6 Å². The lowest BCUT2D eigenvalue weighted by molar-refractivity contribution is 1.19. The van der Waals surface area contributed by atoms with Gasteiger partial charge in [0.25, 0.3) is 0 Å². The zero-order valence-electron chi connectivity index (χ0n) is 7.32. The molecule has 0 saturated carbocycles. The molecular weight excluding hydrogens is 212 g/mol. The quantitative estimate of drug-likeness (QED) is 0.629. The van der Waals surface area contributed by atoms with Crippen LogP contribution in [0.5, 0.6) is 0 Å². The SMILES string of the molecule is Cc1c(Br)cc2c(c1C)CC=C2. The molecule has 0 amide bonds. The molecule has 1 aromatic carbocycles. The maximum atomic E-state index is 3.57. The molecule has 0 bridgehead atoms. The Morgan fingerprint density at radius 3 is 2.75 bits per heavy atom. The summed E-state index contributed by atoms with van der Waals surface area (Å²) in [5.74, 6) is 0. The molecular formula is C11H11Br. The summed E-state index contributed by atoms with van der Waals surface area (Å²) in [6, 6.07) is 2.21. The molecule has 0 saturated heterocycles. The van der Waals surface area contributed by atoms with Crippen LogP contribution >= 0.6 is 15.9 Å². The van der Waals surface area contributed by atoms with E-state index in [0.717, 1.165) is 6.42 Å². The van der Waals surface area contributed by atoms with E-state index in [1.165, 1.54) is 26.7 Å². The Bertz CT molecular complexity index is 362. The molecule has 2 rings (SSSR count). The van der Waals surface area contributed by atoms with Crippen LogP contribution in [-0.4, -0.2) is 0 Å². The van der Waals surface area contributed by atoms with Crippen LogP contribution in [-0.2, 0) is 6.42 Å². The van der Waals surface area contributed by atoms with E-state index < -0.39 is 0 Å². The number of fused-ring (bicyclic) bond motifs is 1. The highest BCUT2D eigenvalue weighted by Crippen LogP contribution is 2.30. The molecule has 1 aromatic rings. The second-order valence-electron chi connectivity index (χ2n) is 3.28. The van der Waals surface area contributed by atoms with Gasteiger partial charge in [-0.1, -0.05) is 28.1 Å². The molecule has 0 unspecified atom stereocenters. The third-order valence-electron chi connectivity index (χ3n) is 2.62. The van der Waals surface area contributed by atoms with Gasteiger partial charge in [0.1, 0.15) is 0 Å². The average molecular weight is 223 g/mol. The smallest absolute Gasteiger partial charge is 0.0213 e. The lowest BCUT2D eigenvalue weighted by Crippen LogP contribution is -1.92. The van der Waals surface area contributed by atoms with E-state index in [0.29, 0.717) is 0 Å². The van der Waals surface area contributed by atoms with Crippen molar-refractivity contribution in [3.8, 4) is 0 Å². The van der Waals surface area contributed by atoms with Crippen molar-refractivity contribution in [2.24, 2.45) is 0 Å². The van der Waals surface area contributed by atoms with Gasteiger partial charge in [0.05, 0.1) is 0 Å². The van der Waals surface area contributed by atoms with Gasteiger partial charge in [-0.2, -0.15) is 0 Å². The van der Waals surface area contributed by atoms with Gasteiger partial charge >= 0.3 is 0 Å². The molecule has 1 heteroatoms. The predicted molar refractivity (Wildman–Crippen MR) is 56.4 cm³/mol. The zero-order valence-corrected chi connectivity index (χ0v) is 8.90. The molecule has 1 aliphatic carbocycles. The molecule has 1 aliphatic rings. The number of hydrogen-bond acceptors (Lipinski definition) is 0. The van der Waals surface area contributed by atoms with Gasteiger partial charge in [-0.15, -0.1) is 0 Å². The van der Waals surface area contributed by atoms with Crippen LogP contribution in [0.2, 0.25) is 0 Å². The van der Waals surface area contributed by atoms with Gasteiger partial charge in [0.15, 0.2) is 0 Å². The third-order valence-corrected chi connectivity index (χ3v) is 3.45.